The molecular formula is C29H25BrN4O3. The topological polar surface area (TPSA) is 89.5 Å². The van der Waals surface area contributed by atoms with E-state index >= 15 is 0 Å². The van der Waals surface area contributed by atoms with Crippen molar-refractivity contribution >= 4 is 49.9 Å². The van der Waals surface area contributed by atoms with Crippen molar-refractivity contribution in [2.24, 2.45) is 5.10 Å². The van der Waals surface area contributed by atoms with Gasteiger partial charge in [-0.1, -0.05) is 60.1 Å². The zero-order chi connectivity index (χ0) is 26.1. The van der Waals surface area contributed by atoms with Crippen molar-refractivity contribution in [3.8, 4) is 0 Å². The molecule has 3 aromatic carbocycles. The molecule has 5 aromatic rings. The summed E-state index contributed by atoms with van der Waals surface area (Å²) < 4.78 is 4.32. The average Bonchev–Trinajstić information content (AvgIpc) is 3.25. The van der Waals surface area contributed by atoms with Gasteiger partial charge in [0.25, 0.3) is 5.56 Å². The number of carbonyl (C=O) groups is 1. The number of hydrogen-bond acceptors (Lipinski definition) is 4. The zero-order valence-corrected chi connectivity index (χ0v) is 22.0. The van der Waals surface area contributed by atoms with Gasteiger partial charge in [0.05, 0.1) is 22.7 Å². The second-order valence-electron chi connectivity index (χ2n) is 9.03. The second kappa shape index (κ2) is 10.1. The standard InChI is InChI=1S/C29H25BrN4O3/c1-3-18(2)27-32-25-13-12-22(30)14-24(25)28(35)34(27)31-15-21-17-33(26-7-5-4-6-23(21)26)16-19-8-10-20(11-9-19)29(36)37/h4-15,17-18H,3,16H2,1-2H3,(H,36,37)/t18-/m0/s1. The lowest BCUT2D eigenvalue weighted by molar-refractivity contribution is 0.0697. The van der Waals surface area contributed by atoms with Crippen LogP contribution in [0.5, 0.6) is 0 Å². The van der Waals surface area contributed by atoms with Crippen molar-refractivity contribution in [1.82, 2.24) is 14.2 Å². The van der Waals surface area contributed by atoms with Crippen LogP contribution in [-0.2, 0) is 6.54 Å². The van der Waals surface area contributed by atoms with Crippen LogP contribution in [0.25, 0.3) is 21.8 Å². The number of hydrogen-bond donors (Lipinski definition) is 1. The lowest BCUT2D eigenvalue weighted by Gasteiger charge is -2.13. The molecule has 2 heterocycles. The van der Waals surface area contributed by atoms with E-state index in [0.717, 1.165) is 32.9 Å². The van der Waals surface area contributed by atoms with Crippen LogP contribution in [0, 0.1) is 0 Å². The zero-order valence-electron chi connectivity index (χ0n) is 20.4. The Morgan fingerprint density at radius 3 is 2.59 bits per heavy atom. The van der Waals surface area contributed by atoms with Crippen molar-refractivity contribution in [1.29, 1.82) is 0 Å². The van der Waals surface area contributed by atoms with Gasteiger partial charge in [-0.15, -0.1) is 0 Å². The second-order valence-corrected chi connectivity index (χ2v) is 9.95. The number of aromatic nitrogens is 3. The van der Waals surface area contributed by atoms with Crippen LogP contribution in [0.4, 0.5) is 0 Å². The first-order valence-corrected chi connectivity index (χ1v) is 12.8. The monoisotopic (exact) mass is 556 g/mol. The maximum absolute atomic E-state index is 13.5. The van der Waals surface area contributed by atoms with E-state index in [1.165, 1.54) is 4.68 Å². The number of aromatic carboxylic acids is 1. The predicted octanol–water partition coefficient (Wildman–Crippen LogP) is 6.26. The minimum Gasteiger partial charge on any atom is -0.478 e. The van der Waals surface area contributed by atoms with E-state index in [4.69, 9.17) is 4.98 Å². The third-order valence-electron chi connectivity index (χ3n) is 6.57. The molecule has 0 aliphatic carbocycles. The number of nitrogens with zero attached hydrogens (tertiary/aromatic N) is 4. The van der Waals surface area contributed by atoms with Crippen LogP contribution in [0.15, 0.2) is 87.3 Å². The number of rotatable bonds is 7. The first kappa shape index (κ1) is 24.6. The molecule has 0 saturated carbocycles. The largest absolute Gasteiger partial charge is 0.478 e. The minimum atomic E-state index is -0.945. The van der Waals surface area contributed by atoms with Crippen molar-refractivity contribution in [3.63, 3.8) is 0 Å². The molecule has 0 fully saturated rings. The summed E-state index contributed by atoms with van der Waals surface area (Å²) in [6.45, 7) is 4.67. The van der Waals surface area contributed by atoms with Gasteiger partial charge in [0.2, 0.25) is 0 Å². The Hall–Kier alpha value is -4.04. The van der Waals surface area contributed by atoms with E-state index in [1.54, 1.807) is 24.4 Å². The first-order valence-electron chi connectivity index (χ1n) is 12.0. The summed E-state index contributed by atoms with van der Waals surface area (Å²) in [4.78, 5) is 29.4. The van der Waals surface area contributed by atoms with Crippen molar-refractivity contribution < 1.29 is 9.90 Å². The normalized spacial score (nSPS) is 12.5. The molecule has 0 unspecified atom stereocenters. The number of carboxylic acids is 1. The quantitative estimate of drug-likeness (QED) is 0.240. The van der Waals surface area contributed by atoms with Crippen molar-refractivity contribution in [2.45, 2.75) is 32.7 Å². The maximum atomic E-state index is 13.5. The van der Waals surface area contributed by atoms with Crippen LogP contribution in [-0.4, -0.2) is 31.5 Å². The molecule has 0 aliphatic heterocycles. The number of benzene rings is 3. The number of para-hydroxylation sites is 1. The molecule has 37 heavy (non-hydrogen) atoms. The Morgan fingerprint density at radius 1 is 1.11 bits per heavy atom. The molecule has 1 atom stereocenters. The van der Waals surface area contributed by atoms with E-state index in [-0.39, 0.29) is 17.0 Å². The molecular weight excluding hydrogens is 532 g/mol. The van der Waals surface area contributed by atoms with E-state index < -0.39 is 5.97 Å². The average molecular weight is 557 g/mol. The molecule has 0 amide bonds. The fourth-order valence-electron chi connectivity index (χ4n) is 4.36. The smallest absolute Gasteiger partial charge is 0.335 e. The molecule has 1 N–H and O–H groups in total. The van der Waals surface area contributed by atoms with Crippen LogP contribution < -0.4 is 5.56 Å². The maximum Gasteiger partial charge on any atom is 0.335 e. The lowest BCUT2D eigenvalue weighted by atomic mass is 10.1. The molecule has 0 spiro atoms. The van der Waals surface area contributed by atoms with E-state index in [2.05, 4.69) is 32.5 Å². The fraction of sp³-hybridized carbons (Fsp3) is 0.172. The SMILES string of the molecule is CC[C@H](C)c1nc2ccc(Br)cc2c(=O)n1N=Cc1cn(Cc2ccc(C(=O)O)cc2)c2ccccc12. The molecule has 8 heteroatoms. The van der Waals surface area contributed by atoms with Gasteiger partial charge in [-0.3, -0.25) is 4.79 Å². The van der Waals surface area contributed by atoms with Crippen LogP contribution in [0.1, 0.15) is 53.5 Å². The van der Waals surface area contributed by atoms with Gasteiger partial charge >= 0.3 is 5.97 Å². The van der Waals surface area contributed by atoms with Crippen LogP contribution in [0.3, 0.4) is 0 Å². The Balaban J connectivity index is 1.58. The molecule has 186 valence electrons. The Kier molecular flexibility index (Phi) is 6.76. The van der Waals surface area contributed by atoms with Crippen molar-refractivity contribution in [2.75, 3.05) is 0 Å². The third-order valence-corrected chi connectivity index (χ3v) is 7.07. The molecule has 2 aromatic heterocycles. The van der Waals surface area contributed by atoms with Crippen molar-refractivity contribution in [3.05, 3.63) is 110 Å². The Bertz CT molecular complexity index is 1720. The van der Waals surface area contributed by atoms with E-state index in [0.29, 0.717) is 23.3 Å². The van der Waals surface area contributed by atoms with Gasteiger partial charge in [0, 0.05) is 39.6 Å². The Labute approximate surface area is 221 Å². The molecule has 5 rings (SSSR count). The summed E-state index contributed by atoms with van der Waals surface area (Å²) in [6, 6.07) is 20.4. The van der Waals surface area contributed by atoms with E-state index in [9.17, 15) is 14.7 Å². The summed E-state index contributed by atoms with van der Waals surface area (Å²) in [5, 5.41) is 15.3. The molecule has 0 bridgehead atoms. The summed E-state index contributed by atoms with van der Waals surface area (Å²) in [6.07, 6.45) is 4.54. The number of carboxylic acid groups (broad SMARTS) is 1. The summed E-state index contributed by atoms with van der Waals surface area (Å²) in [7, 11) is 0. The van der Waals surface area contributed by atoms with Gasteiger partial charge in [-0.2, -0.15) is 9.78 Å². The van der Waals surface area contributed by atoms with Crippen LogP contribution >= 0.6 is 15.9 Å². The molecule has 7 nitrogen and oxygen atoms in total. The summed E-state index contributed by atoms with van der Waals surface area (Å²) in [5.74, 6) is -0.271. The molecule has 0 saturated heterocycles. The highest BCUT2D eigenvalue weighted by Crippen LogP contribution is 2.23. The Morgan fingerprint density at radius 2 is 1.86 bits per heavy atom. The van der Waals surface area contributed by atoms with E-state index in [1.807, 2.05) is 61.7 Å². The van der Waals surface area contributed by atoms with Gasteiger partial charge in [-0.05, 0) is 48.4 Å². The highest BCUT2D eigenvalue weighted by molar-refractivity contribution is 9.10. The van der Waals surface area contributed by atoms with Gasteiger partial charge < -0.3 is 9.67 Å². The van der Waals surface area contributed by atoms with Gasteiger partial charge in [0.1, 0.15) is 5.82 Å². The lowest BCUT2D eigenvalue weighted by Crippen LogP contribution is -2.23. The highest BCUT2D eigenvalue weighted by atomic mass is 79.9. The summed E-state index contributed by atoms with van der Waals surface area (Å²) >= 11 is 3.45. The summed E-state index contributed by atoms with van der Waals surface area (Å²) in [5.41, 5.74) is 3.57. The minimum absolute atomic E-state index is 0.0491. The number of fused-ring (bicyclic) bond motifs is 2. The van der Waals surface area contributed by atoms with Gasteiger partial charge in [-0.25, -0.2) is 9.78 Å². The van der Waals surface area contributed by atoms with Crippen LogP contribution in [0.2, 0.25) is 0 Å². The number of halogens is 1. The fourth-order valence-corrected chi connectivity index (χ4v) is 4.72. The predicted molar refractivity (Wildman–Crippen MR) is 150 cm³/mol. The molecule has 0 radical (unpaired) electrons. The highest BCUT2D eigenvalue weighted by Gasteiger charge is 2.16. The third kappa shape index (κ3) is 4.84. The molecule has 0 aliphatic rings. The van der Waals surface area contributed by atoms with Gasteiger partial charge in [0.15, 0.2) is 0 Å². The first-order chi connectivity index (χ1) is 17.9.